The van der Waals surface area contributed by atoms with Gasteiger partial charge in [0.1, 0.15) is 6.04 Å². The number of amides is 2. The summed E-state index contributed by atoms with van der Waals surface area (Å²) in [7, 11) is 0. The lowest BCUT2D eigenvalue weighted by atomic mass is 9.89. The Bertz CT molecular complexity index is 898. The van der Waals surface area contributed by atoms with Gasteiger partial charge in [-0.3, -0.25) is 9.59 Å². The van der Waals surface area contributed by atoms with E-state index >= 15 is 0 Å². The van der Waals surface area contributed by atoms with Gasteiger partial charge in [0, 0.05) is 26.1 Å². The van der Waals surface area contributed by atoms with Gasteiger partial charge in [0.05, 0.1) is 0 Å². The van der Waals surface area contributed by atoms with Crippen molar-refractivity contribution in [2.75, 3.05) is 32.7 Å². The van der Waals surface area contributed by atoms with Gasteiger partial charge in [-0.2, -0.15) is 0 Å². The molecule has 0 aliphatic rings. The summed E-state index contributed by atoms with van der Waals surface area (Å²) in [5, 5.41) is 3.34. The number of hydrogen-bond acceptors (Lipinski definition) is 3. The molecule has 2 amide bonds. The SMILES string of the molecule is CCCCC/C=C\C/C=C\CCCCCCCC(=O)N(CCN(CC)CC)C(C(=O)NCCCCCCCCCCCCCCCCCC)C(CC)CCCC. The lowest BCUT2D eigenvalue weighted by Crippen LogP contribution is -2.55. The zero-order chi connectivity index (χ0) is 41.2. The van der Waals surface area contributed by atoms with Crippen LogP contribution in [0.3, 0.4) is 0 Å². The first-order valence-electron chi connectivity index (χ1n) is 25.1. The molecule has 5 heteroatoms. The first kappa shape index (κ1) is 54.4. The van der Waals surface area contributed by atoms with Crippen molar-refractivity contribution in [3.63, 3.8) is 0 Å². The van der Waals surface area contributed by atoms with Crippen LogP contribution in [0.15, 0.2) is 24.3 Å². The molecule has 1 N–H and O–H groups in total. The van der Waals surface area contributed by atoms with E-state index in [2.05, 4.69) is 76.1 Å². The molecule has 0 aromatic rings. The van der Waals surface area contributed by atoms with Crippen molar-refractivity contribution >= 4 is 11.8 Å². The number of unbranched alkanes of at least 4 members (excludes halogenated alkanes) is 24. The summed E-state index contributed by atoms with van der Waals surface area (Å²) in [4.78, 5) is 32.5. The highest BCUT2D eigenvalue weighted by atomic mass is 16.2. The van der Waals surface area contributed by atoms with Crippen LogP contribution in [0.4, 0.5) is 0 Å². The Labute approximate surface area is 351 Å². The van der Waals surface area contributed by atoms with Crippen LogP contribution in [0, 0.1) is 5.92 Å². The molecule has 0 spiro atoms. The van der Waals surface area contributed by atoms with Crippen molar-refractivity contribution in [2.24, 2.45) is 5.92 Å². The molecule has 0 aliphatic carbocycles. The number of carbonyl (C=O) groups is 2. The Morgan fingerprint density at radius 2 is 0.946 bits per heavy atom. The molecule has 0 heterocycles. The molecule has 0 radical (unpaired) electrons. The highest BCUT2D eigenvalue weighted by Crippen LogP contribution is 2.24. The van der Waals surface area contributed by atoms with Gasteiger partial charge >= 0.3 is 0 Å². The van der Waals surface area contributed by atoms with Gasteiger partial charge in [0.2, 0.25) is 11.8 Å². The molecular weight excluding hydrogens is 687 g/mol. The number of rotatable bonds is 43. The monoisotopic (exact) mass is 786 g/mol. The third-order valence-electron chi connectivity index (χ3n) is 12.0. The summed E-state index contributed by atoms with van der Waals surface area (Å²) in [5.74, 6) is 0.466. The predicted octanol–water partition coefficient (Wildman–Crippen LogP) is 14.9. The summed E-state index contributed by atoms with van der Waals surface area (Å²) in [5.41, 5.74) is 0. The number of carbonyl (C=O) groups excluding carboxylic acids is 2. The van der Waals surface area contributed by atoms with E-state index in [0.29, 0.717) is 13.0 Å². The quantitative estimate of drug-likeness (QED) is 0.0495. The minimum atomic E-state index is -0.367. The maximum atomic E-state index is 14.1. The van der Waals surface area contributed by atoms with Crippen LogP contribution < -0.4 is 5.32 Å². The minimum Gasteiger partial charge on any atom is -0.354 e. The first-order valence-corrected chi connectivity index (χ1v) is 25.1. The van der Waals surface area contributed by atoms with Crippen LogP contribution in [-0.4, -0.2) is 60.4 Å². The minimum absolute atomic E-state index is 0.0850. The predicted molar refractivity (Wildman–Crippen MR) is 249 cm³/mol. The van der Waals surface area contributed by atoms with Crippen molar-refractivity contribution in [3.05, 3.63) is 24.3 Å². The molecule has 0 aromatic carbocycles. The zero-order valence-electron chi connectivity index (χ0n) is 38.8. The van der Waals surface area contributed by atoms with Gasteiger partial charge in [0.15, 0.2) is 0 Å². The van der Waals surface area contributed by atoms with Crippen LogP contribution >= 0.6 is 0 Å². The highest BCUT2D eigenvalue weighted by Gasteiger charge is 2.35. The fourth-order valence-electron chi connectivity index (χ4n) is 8.09. The second kappa shape index (κ2) is 43.0. The molecule has 330 valence electrons. The van der Waals surface area contributed by atoms with Crippen molar-refractivity contribution in [1.82, 2.24) is 15.1 Å². The molecule has 2 unspecified atom stereocenters. The third-order valence-corrected chi connectivity index (χ3v) is 12.0. The summed E-state index contributed by atoms with van der Waals surface area (Å²) < 4.78 is 0. The summed E-state index contributed by atoms with van der Waals surface area (Å²) in [6, 6.07) is -0.367. The number of nitrogens with zero attached hydrogens (tertiary/aromatic N) is 2. The van der Waals surface area contributed by atoms with Gasteiger partial charge in [-0.15, -0.1) is 0 Å². The van der Waals surface area contributed by atoms with Crippen LogP contribution in [0.2, 0.25) is 0 Å². The van der Waals surface area contributed by atoms with E-state index < -0.39 is 0 Å². The zero-order valence-corrected chi connectivity index (χ0v) is 38.8. The lowest BCUT2D eigenvalue weighted by Gasteiger charge is -2.37. The Kier molecular flexibility index (Phi) is 41.7. The molecule has 0 aliphatic heterocycles. The van der Waals surface area contributed by atoms with E-state index in [1.165, 1.54) is 141 Å². The van der Waals surface area contributed by atoms with E-state index in [-0.39, 0.29) is 23.8 Å². The highest BCUT2D eigenvalue weighted by molar-refractivity contribution is 5.88. The number of nitrogens with one attached hydrogen (secondary N) is 1. The fourth-order valence-corrected chi connectivity index (χ4v) is 8.09. The van der Waals surface area contributed by atoms with Crippen molar-refractivity contribution in [2.45, 2.75) is 253 Å². The van der Waals surface area contributed by atoms with Crippen LogP contribution in [0.25, 0.3) is 0 Å². The standard InChI is InChI=1S/C51H99N3O2/c1-7-13-16-18-20-22-24-26-28-30-32-34-36-38-40-42-45-52-51(56)50(48(10-4)43-15-9-3)54(47-46-53(11-5)12-6)49(55)44-41-39-37-35-33-31-29-27-25-23-21-19-17-14-8-2/h21,23,27,29,48,50H,7-20,22,24-26,28,30-47H2,1-6H3,(H,52,56)/b23-21-,29-27-. The average molecular weight is 786 g/mol. The lowest BCUT2D eigenvalue weighted by molar-refractivity contribution is -0.143. The first-order chi connectivity index (χ1) is 27.5. The molecule has 56 heavy (non-hydrogen) atoms. The number of likely N-dealkylation sites (N-methyl/N-ethyl adjacent to an activating group) is 1. The molecule has 0 aromatic heterocycles. The van der Waals surface area contributed by atoms with Crippen molar-refractivity contribution in [3.8, 4) is 0 Å². The fraction of sp³-hybridized carbons (Fsp3) is 0.882. The smallest absolute Gasteiger partial charge is 0.243 e. The van der Waals surface area contributed by atoms with Gasteiger partial charge in [-0.25, -0.2) is 0 Å². The van der Waals surface area contributed by atoms with E-state index in [4.69, 9.17) is 0 Å². The number of hydrogen-bond donors (Lipinski definition) is 1. The Morgan fingerprint density at radius 3 is 1.45 bits per heavy atom. The van der Waals surface area contributed by atoms with Gasteiger partial charge in [-0.1, -0.05) is 214 Å². The maximum Gasteiger partial charge on any atom is 0.243 e. The summed E-state index contributed by atoms with van der Waals surface area (Å²) >= 11 is 0. The Hall–Kier alpha value is -1.62. The van der Waals surface area contributed by atoms with Crippen molar-refractivity contribution in [1.29, 1.82) is 0 Å². The van der Waals surface area contributed by atoms with Crippen molar-refractivity contribution < 1.29 is 9.59 Å². The summed E-state index contributed by atoms with van der Waals surface area (Å²) in [6.07, 6.45) is 48.5. The van der Waals surface area contributed by atoms with E-state index in [1.807, 2.05) is 4.90 Å². The van der Waals surface area contributed by atoms with Crippen LogP contribution in [-0.2, 0) is 9.59 Å². The van der Waals surface area contributed by atoms with E-state index in [9.17, 15) is 9.59 Å². The second-order valence-corrected chi connectivity index (χ2v) is 16.9. The molecular formula is C51H99N3O2. The van der Waals surface area contributed by atoms with Crippen LogP contribution in [0.1, 0.15) is 247 Å². The van der Waals surface area contributed by atoms with Gasteiger partial charge in [-0.05, 0) is 70.4 Å². The Balaban J connectivity index is 4.84. The van der Waals surface area contributed by atoms with Crippen LogP contribution in [0.5, 0.6) is 0 Å². The maximum absolute atomic E-state index is 14.1. The summed E-state index contributed by atoms with van der Waals surface area (Å²) in [6.45, 7) is 17.5. The average Bonchev–Trinajstić information content (AvgIpc) is 3.21. The molecule has 2 atom stereocenters. The van der Waals surface area contributed by atoms with Gasteiger partial charge in [0.25, 0.3) is 0 Å². The molecule has 0 saturated carbocycles. The number of allylic oxidation sites excluding steroid dienone is 4. The largest absolute Gasteiger partial charge is 0.354 e. The normalized spacial score (nSPS) is 13.0. The molecule has 0 fully saturated rings. The second-order valence-electron chi connectivity index (χ2n) is 16.9. The van der Waals surface area contributed by atoms with E-state index in [1.54, 1.807) is 0 Å². The van der Waals surface area contributed by atoms with Gasteiger partial charge < -0.3 is 15.1 Å². The molecule has 0 saturated heterocycles. The third kappa shape index (κ3) is 32.3. The Morgan fingerprint density at radius 1 is 0.500 bits per heavy atom. The molecule has 0 bridgehead atoms. The van der Waals surface area contributed by atoms with E-state index in [0.717, 1.165) is 84.0 Å². The molecule has 5 nitrogen and oxygen atoms in total. The topological polar surface area (TPSA) is 52.7 Å². The molecule has 0 rings (SSSR count).